The average Bonchev–Trinajstić information content (AvgIpc) is 2.77. The minimum absolute atomic E-state index is 0.707. The number of allylic oxidation sites excluding steroid dienone is 2. The fourth-order valence-electron chi connectivity index (χ4n) is 3.20. The number of hydrogen-bond acceptors (Lipinski definition) is 2. The van der Waals surface area contributed by atoms with Gasteiger partial charge in [0.1, 0.15) is 5.75 Å². The van der Waals surface area contributed by atoms with Crippen LogP contribution in [-0.2, 0) is 0 Å². The zero-order chi connectivity index (χ0) is 20.5. The van der Waals surface area contributed by atoms with Crippen LogP contribution >= 0.6 is 0 Å². The molecular formula is C27H28O2. The van der Waals surface area contributed by atoms with Crippen molar-refractivity contribution in [3.8, 4) is 17.2 Å². The lowest BCUT2D eigenvalue weighted by Crippen LogP contribution is -1.92. The first-order valence-corrected chi connectivity index (χ1v) is 10.1. The molecule has 0 amide bonds. The summed E-state index contributed by atoms with van der Waals surface area (Å²) in [5.41, 5.74) is 4.76. The molecule has 0 N–H and O–H groups in total. The van der Waals surface area contributed by atoms with Crippen molar-refractivity contribution in [2.75, 3.05) is 7.11 Å². The molecule has 3 rings (SSSR count). The van der Waals surface area contributed by atoms with E-state index in [0.29, 0.717) is 5.75 Å². The smallest absolute Gasteiger partial charge is 0.169 e. The van der Waals surface area contributed by atoms with Crippen LogP contribution in [0, 0.1) is 0 Å². The van der Waals surface area contributed by atoms with E-state index in [0.717, 1.165) is 29.9 Å². The monoisotopic (exact) mass is 384 g/mol. The molecule has 3 aromatic rings. The highest BCUT2D eigenvalue weighted by Crippen LogP contribution is 2.34. The lowest BCUT2D eigenvalue weighted by Gasteiger charge is -2.13. The molecule has 2 heteroatoms. The molecule has 0 aliphatic heterocycles. The predicted molar refractivity (Wildman–Crippen MR) is 123 cm³/mol. The minimum Gasteiger partial charge on any atom is -0.493 e. The summed E-state index contributed by atoms with van der Waals surface area (Å²) < 4.78 is 11.6. The van der Waals surface area contributed by atoms with Gasteiger partial charge in [-0.25, -0.2) is 0 Å². The largest absolute Gasteiger partial charge is 0.493 e. The van der Waals surface area contributed by atoms with Crippen LogP contribution in [0.3, 0.4) is 0 Å². The lowest BCUT2D eigenvalue weighted by molar-refractivity contribution is 0.379. The van der Waals surface area contributed by atoms with Crippen LogP contribution in [0.1, 0.15) is 43.4 Å². The molecule has 0 fully saturated rings. The first-order chi connectivity index (χ1) is 14.2. The van der Waals surface area contributed by atoms with E-state index >= 15 is 0 Å². The second-order valence-electron chi connectivity index (χ2n) is 6.81. The quantitative estimate of drug-likeness (QED) is 0.395. The van der Waals surface area contributed by atoms with Gasteiger partial charge in [0.05, 0.1) is 7.11 Å². The summed E-state index contributed by atoms with van der Waals surface area (Å²) >= 11 is 0. The van der Waals surface area contributed by atoms with Gasteiger partial charge in [-0.1, -0.05) is 80.1 Å². The third kappa shape index (κ3) is 5.39. The van der Waals surface area contributed by atoms with Gasteiger partial charge < -0.3 is 9.47 Å². The summed E-state index contributed by atoms with van der Waals surface area (Å²) in [6, 6.07) is 24.7. The number of methoxy groups -OCH3 is 1. The molecule has 0 unspecified atom stereocenters. The van der Waals surface area contributed by atoms with E-state index in [1.807, 2.05) is 55.5 Å². The van der Waals surface area contributed by atoms with Crippen molar-refractivity contribution < 1.29 is 9.47 Å². The van der Waals surface area contributed by atoms with Crippen molar-refractivity contribution in [1.82, 2.24) is 0 Å². The predicted octanol–water partition coefficient (Wildman–Crippen LogP) is 7.75. The Kier molecular flexibility index (Phi) is 7.29. The maximum Gasteiger partial charge on any atom is 0.169 e. The molecule has 148 valence electrons. The van der Waals surface area contributed by atoms with Crippen LogP contribution in [-0.4, -0.2) is 7.11 Å². The second kappa shape index (κ2) is 10.3. The normalized spacial score (nSPS) is 11.6. The number of benzene rings is 3. The van der Waals surface area contributed by atoms with Crippen molar-refractivity contribution in [2.45, 2.75) is 26.7 Å². The molecule has 0 aliphatic carbocycles. The van der Waals surface area contributed by atoms with E-state index in [1.54, 1.807) is 7.11 Å². The highest BCUT2D eigenvalue weighted by Gasteiger charge is 2.08. The summed E-state index contributed by atoms with van der Waals surface area (Å²) in [6.45, 7) is 4.20. The third-order valence-corrected chi connectivity index (χ3v) is 4.66. The number of hydrogen-bond donors (Lipinski definition) is 0. The Labute approximate surface area is 174 Å². The summed E-state index contributed by atoms with van der Waals surface area (Å²) in [7, 11) is 1.66. The molecule has 0 radical (unpaired) electrons. The van der Waals surface area contributed by atoms with Gasteiger partial charge in [-0.05, 0) is 59.9 Å². The molecular weight excluding hydrogens is 356 g/mol. The Morgan fingerprint density at radius 1 is 0.862 bits per heavy atom. The molecule has 0 aromatic heterocycles. The van der Waals surface area contributed by atoms with E-state index in [-0.39, 0.29) is 0 Å². The van der Waals surface area contributed by atoms with Crippen LogP contribution in [0.25, 0.3) is 11.6 Å². The maximum absolute atomic E-state index is 6.09. The van der Waals surface area contributed by atoms with Gasteiger partial charge in [0.2, 0.25) is 0 Å². The van der Waals surface area contributed by atoms with Gasteiger partial charge >= 0.3 is 0 Å². The van der Waals surface area contributed by atoms with Gasteiger partial charge in [0.15, 0.2) is 11.5 Å². The minimum atomic E-state index is 0.707. The van der Waals surface area contributed by atoms with Crippen molar-refractivity contribution in [3.05, 3.63) is 102 Å². The molecule has 2 nitrogen and oxygen atoms in total. The Bertz CT molecular complexity index is 967. The van der Waals surface area contributed by atoms with E-state index < -0.39 is 0 Å². The molecule has 0 atom stereocenters. The summed E-state index contributed by atoms with van der Waals surface area (Å²) in [5.74, 6) is 2.21. The van der Waals surface area contributed by atoms with Gasteiger partial charge in [0.25, 0.3) is 0 Å². The highest BCUT2D eigenvalue weighted by atomic mass is 16.5. The first kappa shape index (κ1) is 20.5. The second-order valence-corrected chi connectivity index (χ2v) is 6.81. The zero-order valence-corrected chi connectivity index (χ0v) is 17.4. The Balaban J connectivity index is 1.84. The fourth-order valence-corrected chi connectivity index (χ4v) is 3.20. The standard InChI is InChI=1S/C27H28O2/c1-4-6-13-25(22-11-8-7-9-12-22)23-15-17-24(18-16-23)29-26-19-14-21(10-5-2)20-27(26)28-3/h5,7-20H,4,6H2,1-3H3/b10-5-,25-13+. The molecule has 29 heavy (non-hydrogen) atoms. The topological polar surface area (TPSA) is 18.5 Å². The number of rotatable bonds is 8. The average molecular weight is 385 g/mol. The van der Waals surface area contributed by atoms with Crippen molar-refractivity contribution in [2.24, 2.45) is 0 Å². The Morgan fingerprint density at radius 3 is 2.24 bits per heavy atom. The molecule has 0 saturated heterocycles. The van der Waals surface area contributed by atoms with Gasteiger partial charge in [-0.3, -0.25) is 0 Å². The summed E-state index contributed by atoms with van der Waals surface area (Å²) in [5, 5.41) is 0. The van der Waals surface area contributed by atoms with Crippen molar-refractivity contribution in [1.29, 1.82) is 0 Å². The van der Waals surface area contributed by atoms with Crippen molar-refractivity contribution in [3.63, 3.8) is 0 Å². The summed E-state index contributed by atoms with van der Waals surface area (Å²) in [6.07, 6.45) is 8.53. The van der Waals surface area contributed by atoms with E-state index in [2.05, 4.69) is 49.4 Å². The fraction of sp³-hybridized carbons (Fsp3) is 0.185. The number of ether oxygens (including phenoxy) is 2. The lowest BCUT2D eigenvalue weighted by atomic mass is 9.96. The van der Waals surface area contributed by atoms with Crippen molar-refractivity contribution >= 4 is 11.6 Å². The molecule has 0 spiro atoms. The van der Waals surface area contributed by atoms with Gasteiger partial charge in [-0.15, -0.1) is 0 Å². The van der Waals surface area contributed by atoms with Crippen LogP contribution < -0.4 is 9.47 Å². The number of unbranched alkanes of at least 4 members (excludes halogenated alkanes) is 1. The molecule has 0 saturated carbocycles. The SMILES string of the molecule is C/C=C\c1ccc(Oc2ccc(/C(=C/CCC)c3ccccc3)cc2)c(OC)c1. The van der Waals surface area contributed by atoms with E-state index in [9.17, 15) is 0 Å². The zero-order valence-electron chi connectivity index (χ0n) is 17.4. The maximum atomic E-state index is 6.09. The first-order valence-electron chi connectivity index (χ1n) is 10.1. The van der Waals surface area contributed by atoms with Gasteiger partial charge in [0, 0.05) is 0 Å². The van der Waals surface area contributed by atoms with Gasteiger partial charge in [-0.2, -0.15) is 0 Å². The highest BCUT2D eigenvalue weighted by molar-refractivity contribution is 5.80. The molecule has 0 bridgehead atoms. The Morgan fingerprint density at radius 2 is 1.59 bits per heavy atom. The van der Waals surface area contributed by atoms with Crippen LogP contribution in [0.15, 0.2) is 84.9 Å². The molecule has 3 aromatic carbocycles. The van der Waals surface area contributed by atoms with E-state index in [1.165, 1.54) is 16.7 Å². The molecule has 0 aliphatic rings. The van der Waals surface area contributed by atoms with E-state index in [4.69, 9.17) is 9.47 Å². The summed E-state index contributed by atoms with van der Waals surface area (Å²) in [4.78, 5) is 0. The third-order valence-electron chi connectivity index (χ3n) is 4.66. The Hall–Kier alpha value is -3.26. The van der Waals surface area contributed by atoms with Crippen LogP contribution in [0.5, 0.6) is 17.2 Å². The van der Waals surface area contributed by atoms with Crippen LogP contribution in [0.4, 0.5) is 0 Å². The molecule has 0 heterocycles. The van der Waals surface area contributed by atoms with Crippen LogP contribution in [0.2, 0.25) is 0 Å².